The molecular weight excluding hydrogens is 388 g/mol. The van der Waals surface area contributed by atoms with E-state index < -0.39 is 0 Å². The van der Waals surface area contributed by atoms with E-state index >= 15 is 0 Å². The summed E-state index contributed by atoms with van der Waals surface area (Å²) >= 11 is 0. The summed E-state index contributed by atoms with van der Waals surface area (Å²) in [6, 6.07) is 0. The molecular formula is C6H24Cu4P2-4. The normalized spacial score (nSPS) is 0. The van der Waals surface area contributed by atoms with Crippen LogP contribution in [0.4, 0.5) is 0 Å². The van der Waals surface area contributed by atoms with Crippen LogP contribution >= 0.6 is 19.8 Å². The minimum atomic E-state index is 0. The fourth-order valence-electron chi connectivity index (χ4n) is 0. The number of rotatable bonds is 0. The zero-order valence-electron chi connectivity index (χ0n) is 8.62. The topological polar surface area (TPSA) is 0 Å². The molecule has 0 aromatic carbocycles. The maximum absolute atomic E-state index is 0. The molecule has 0 saturated carbocycles. The van der Waals surface area contributed by atoms with E-state index in [2.05, 4.69) is 0 Å². The van der Waals surface area contributed by atoms with E-state index in [0.717, 1.165) is 0 Å². The van der Waals surface area contributed by atoms with Crippen LogP contribution in [0.1, 0.15) is 0 Å². The Bertz CT molecular complexity index is 17.5. The van der Waals surface area contributed by atoms with Gasteiger partial charge in [-0.2, -0.15) is 19.8 Å². The largest absolute Gasteiger partial charge is 2.00 e. The summed E-state index contributed by atoms with van der Waals surface area (Å²) in [5.74, 6) is 0. The van der Waals surface area contributed by atoms with Gasteiger partial charge in [-0.3, -0.25) is 0 Å². The first-order chi connectivity index (χ1) is 0. The van der Waals surface area contributed by atoms with Crippen molar-refractivity contribution in [3.05, 3.63) is 44.6 Å². The van der Waals surface area contributed by atoms with E-state index in [1.165, 1.54) is 0 Å². The summed E-state index contributed by atoms with van der Waals surface area (Å²) in [5.41, 5.74) is 0. The molecule has 0 aliphatic rings. The molecule has 4 radical (unpaired) electrons. The van der Waals surface area contributed by atoms with E-state index in [0.29, 0.717) is 0 Å². The second kappa shape index (κ2) is 270. The Morgan fingerprint density at radius 3 is 0.333 bits per heavy atom. The van der Waals surface area contributed by atoms with Crippen molar-refractivity contribution >= 4 is 19.8 Å². The van der Waals surface area contributed by atoms with Crippen molar-refractivity contribution in [1.82, 2.24) is 0 Å². The molecule has 0 saturated heterocycles. The number of hydrogen-bond acceptors (Lipinski definition) is 0. The Labute approximate surface area is 131 Å². The zero-order valence-corrected chi connectivity index (χ0v) is 15.2. The van der Waals surface area contributed by atoms with Crippen LogP contribution < -0.4 is 0 Å². The van der Waals surface area contributed by atoms with Gasteiger partial charge in [0, 0.05) is 51.2 Å². The van der Waals surface area contributed by atoms with Gasteiger partial charge in [-0.25, -0.2) is 0 Å². The Balaban J connectivity index is 0. The molecule has 0 amide bonds. The van der Waals surface area contributed by atoms with Crippen LogP contribution in [0, 0.1) is 44.6 Å². The predicted molar refractivity (Wildman–Crippen MR) is 60.7 cm³/mol. The minimum Gasteiger partial charge on any atom is -0.358 e. The molecule has 0 aromatic heterocycles. The van der Waals surface area contributed by atoms with Crippen LogP contribution in [-0.4, -0.2) is 0 Å². The van der Waals surface area contributed by atoms with Crippen molar-refractivity contribution in [1.29, 1.82) is 0 Å². The quantitative estimate of drug-likeness (QED) is 0.326. The monoisotopic (exact) mass is 410 g/mol. The molecule has 0 spiro atoms. The Morgan fingerprint density at radius 1 is 0.333 bits per heavy atom. The molecule has 0 bridgehead atoms. The molecule has 0 rings (SSSR count). The third-order valence-corrected chi connectivity index (χ3v) is 0. The maximum Gasteiger partial charge on any atom is 2.00 e. The zero-order chi connectivity index (χ0) is 0. The third-order valence-electron chi connectivity index (χ3n) is 0. The second-order valence-electron chi connectivity index (χ2n) is 0. The van der Waals surface area contributed by atoms with Crippen molar-refractivity contribution < 1.29 is 68.3 Å². The molecule has 0 heterocycles. The van der Waals surface area contributed by atoms with Crippen molar-refractivity contribution in [2.24, 2.45) is 0 Å². The van der Waals surface area contributed by atoms with Crippen LogP contribution in [0.5, 0.6) is 0 Å². The average molecular weight is 412 g/mol. The molecule has 2 unspecified atom stereocenters. The van der Waals surface area contributed by atoms with Crippen molar-refractivity contribution in [3.8, 4) is 0 Å². The summed E-state index contributed by atoms with van der Waals surface area (Å²) in [5, 5.41) is 0. The third kappa shape index (κ3) is 214. The summed E-state index contributed by atoms with van der Waals surface area (Å²) in [4.78, 5) is 0. The van der Waals surface area contributed by atoms with Gasteiger partial charge in [0.25, 0.3) is 0 Å². The first-order valence-corrected chi connectivity index (χ1v) is 0. The van der Waals surface area contributed by atoms with E-state index in [9.17, 15) is 0 Å². The van der Waals surface area contributed by atoms with Crippen molar-refractivity contribution in [2.45, 2.75) is 0 Å². The number of hydrogen-bond donors (Lipinski definition) is 0. The predicted octanol–water partition coefficient (Wildman–Crippen LogP) is 2.81. The summed E-state index contributed by atoms with van der Waals surface area (Å²) < 4.78 is 0. The molecule has 0 N–H and O–H groups in total. The first kappa shape index (κ1) is 336. The molecule has 0 nitrogen and oxygen atoms in total. The Morgan fingerprint density at radius 2 is 0.333 bits per heavy atom. The second-order valence-corrected chi connectivity index (χ2v) is 0. The molecule has 0 fully saturated rings. The van der Waals surface area contributed by atoms with Crippen molar-refractivity contribution in [3.63, 3.8) is 0 Å². The standard InChI is InChI=1S/6CH3.4Cu.2H3P/h6*1H3;;;;;2*1H3/q6*-1;;;;+2;;. The molecule has 6 heteroatoms. The molecule has 0 aliphatic carbocycles. The van der Waals surface area contributed by atoms with E-state index in [1.54, 1.807) is 0 Å². The Hall–Kier alpha value is 2.94. The Kier molecular flexibility index (Phi) is 7570. The summed E-state index contributed by atoms with van der Waals surface area (Å²) in [7, 11) is 0. The van der Waals surface area contributed by atoms with Gasteiger partial charge in [-0.05, 0) is 0 Å². The minimum absolute atomic E-state index is 0. The van der Waals surface area contributed by atoms with Gasteiger partial charge in [0.15, 0.2) is 0 Å². The fraction of sp³-hybridized carbons (Fsp3) is 0. The van der Waals surface area contributed by atoms with Gasteiger partial charge in [0.1, 0.15) is 0 Å². The van der Waals surface area contributed by atoms with Gasteiger partial charge >= 0.3 is 17.1 Å². The first-order valence-electron chi connectivity index (χ1n) is 0. The fourth-order valence-corrected chi connectivity index (χ4v) is 0. The molecule has 0 aromatic rings. The van der Waals surface area contributed by atoms with Gasteiger partial charge < -0.3 is 44.6 Å². The molecule has 12 heavy (non-hydrogen) atoms. The maximum atomic E-state index is 0. The smallest absolute Gasteiger partial charge is 0.358 e. The van der Waals surface area contributed by atoms with Gasteiger partial charge in [-0.1, -0.05) is 0 Å². The van der Waals surface area contributed by atoms with Gasteiger partial charge in [0.05, 0.1) is 0 Å². The summed E-state index contributed by atoms with van der Waals surface area (Å²) in [6.07, 6.45) is 0. The van der Waals surface area contributed by atoms with Crippen LogP contribution in [0.25, 0.3) is 0 Å². The molecule has 106 valence electrons. The van der Waals surface area contributed by atoms with E-state index in [1.807, 2.05) is 0 Å². The van der Waals surface area contributed by atoms with E-state index in [4.69, 9.17) is 0 Å². The molecule has 0 aliphatic heterocycles. The van der Waals surface area contributed by atoms with Gasteiger partial charge in [-0.15, -0.1) is 0 Å². The van der Waals surface area contributed by atoms with Crippen LogP contribution in [0.2, 0.25) is 0 Å². The van der Waals surface area contributed by atoms with E-state index in [-0.39, 0.29) is 133 Å². The van der Waals surface area contributed by atoms with Crippen LogP contribution in [0.15, 0.2) is 0 Å². The van der Waals surface area contributed by atoms with Crippen LogP contribution in [-0.2, 0) is 68.3 Å². The van der Waals surface area contributed by atoms with Crippen LogP contribution in [0.3, 0.4) is 0 Å². The van der Waals surface area contributed by atoms with Crippen molar-refractivity contribution in [2.75, 3.05) is 0 Å². The average Bonchev–Trinajstić information content (AvgIpc) is 0. The molecule has 2 atom stereocenters. The van der Waals surface area contributed by atoms with Gasteiger partial charge in [0.2, 0.25) is 0 Å². The summed E-state index contributed by atoms with van der Waals surface area (Å²) in [6.45, 7) is 0. The SMILES string of the molecule is P.P.[CH3-].[CH3-].[CH3-].[CH3-].[CH3-].[CH3-].[Cu+2].[Cu].[Cu].[Cu].